The molecule has 0 heterocycles. The van der Waals surface area contributed by atoms with Gasteiger partial charge in [0, 0.05) is 10.8 Å². The number of rotatable bonds is 6. The fourth-order valence-corrected chi connectivity index (χ4v) is 10.8. The van der Waals surface area contributed by atoms with E-state index in [0.29, 0.717) is 0 Å². The van der Waals surface area contributed by atoms with Crippen LogP contribution in [0.4, 0.5) is 0 Å². The monoisotopic (exact) mass is 698 g/mol. The van der Waals surface area contributed by atoms with E-state index in [1.54, 1.807) is 0 Å². The Morgan fingerprint density at radius 2 is 0.944 bits per heavy atom. The van der Waals surface area contributed by atoms with E-state index in [1.165, 1.54) is 117 Å². The van der Waals surface area contributed by atoms with Crippen LogP contribution in [0, 0.1) is 0 Å². The van der Waals surface area contributed by atoms with Crippen molar-refractivity contribution >= 4 is 32.3 Å². The van der Waals surface area contributed by atoms with Gasteiger partial charge in [0.15, 0.2) is 0 Å². The molecular formula is C54H50. The third-order valence-electron chi connectivity index (χ3n) is 13.4. The minimum absolute atomic E-state index is 0.0436. The first kappa shape index (κ1) is 33.4. The first-order valence-electron chi connectivity index (χ1n) is 20.3. The van der Waals surface area contributed by atoms with Crippen molar-refractivity contribution in [1.29, 1.82) is 0 Å². The highest BCUT2D eigenvalue weighted by atomic mass is 14.4. The first-order chi connectivity index (χ1) is 26.0. The molecule has 2 aliphatic carbocycles. The highest BCUT2D eigenvalue weighted by Gasteiger charge is 2.42. The van der Waals surface area contributed by atoms with Gasteiger partial charge in [0.2, 0.25) is 0 Å². The van der Waals surface area contributed by atoms with Gasteiger partial charge in [-0.25, -0.2) is 0 Å². The largest absolute Gasteiger partial charge is 0.0653 e. The summed E-state index contributed by atoms with van der Waals surface area (Å²) in [6.45, 7) is 16.5. The Balaban J connectivity index is 1.27. The summed E-state index contributed by atoms with van der Waals surface area (Å²) in [5.41, 5.74) is 18.2. The van der Waals surface area contributed by atoms with Gasteiger partial charge in [0.05, 0.1) is 0 Å². The predicted octanol–water partition coefficient (Wildman–Crippen LogP) is 15.4. The van der Waals surface area contributed by atoms with Gasteiger partial charge >= 0.3 is 0 Å². The second kappa shape index (κ2) is 11.6. The van der Waals surface area contributed by atoms with Crippen LogP contribution in [-0.2, 0) is 16.2 Å². The van der Waals surface area contributed by atoms with E-state index in [1.807, 2.05) is 0 Å². The Morgan fingerprint density at radius 3 is 1.52 bits per heavy atom. The summed E-state index contributed by atoms with van der Waals surface area (Å²) < 4.78 is 0. The number of hydrogen-bond donors (Lipinski definition) is 0. The van der Waals surface area contributed by atoms with E-state index in [0.717, 1.165) is 12.8 Å². The van der Waals surface area contributed by atoms with Crippen molar-refractivity contribution in [2.75, 3.05) is 0 Å². The second-order valence-electron chi connectivity index (χ2n) is 17.9. The van der Waals surface area contributed by atoms with Gasteiger partial charge in [-0.2, -0.15) is 0 Å². The molecule has 0 amide bonds. The molecule has 0 spiro atoms. The predicted molar refractivity (Wildman–Crippen MR) is 233 cm³/mol. The molecule has 0 heteroatoms. The van der Waals surface area contributed by atoms with Gasteiger partial charge < -0.3 is 0 Å². The molecule has 2 aliphatic rings. The maximum Gasteiger partial charge on any atom is 0.0215 e. The van der Waals surface area contributed by atoms with E-state index in [4.69, 9.17) is 0 Å². The third-order valence-corrected chi connectivity index (χ3v) is 13.4. The summed E-state index contributed by atoms with van der Waals surface area (Å²) in [6, 6.07) is 50.0. The average molecular weight is 699 g/mol. The summed E-state index contributed by atoms with van der Waals surface area (Å²) in [7, 11) is 0. The Morgan fingerprint density at radius 1 is 0.444 bits per heavy atom. The van der Waals surface area contributed by atoms with Crippen LogP contribution in [0.25, 0.3) is 76.8 Å². The van der Waals surface area contributed by atoms with Gasteiger partial charge in [-0.05, 0) is 141 Å². The van der Waals surface area contributed by atoms with Crippen molar-refractivity contribution in [2.45, 2.75) is 90.4 Å². The highest BCUT2D eigenvalue weighted by Crippen LogP contribution is 2.56. The fraction of sp³-hybridized carbons (Fsp3) is 0.259. The van der Waals surface area contributed by atoms with Crippen molar-refractivity contribution < 1.29 is 0 Å². The molecule has 0 saturated carbocycles. The molecule has 0 radical (unpaired) electrons. The zero-order valence-electron chi connectivity index (χ0n) is 33.0. The first-order valence-corrected chi connectivity index (χ1v) is 20.3. The van der Waals surface area contributed by atoms with Crippen LogP contribution < -0.4 is 0 Å². The molecule has 0 nitrogen and oxygen atoms in total. The molecule has 8 aromatic carbocycles. The minimum Gasteiger partial charge on any atom is -0.0653 e. The van der Waals surface area contributed by atoms with E-state index in [2.05, 4.69) is 176 Å². The lowest BCUT2D eigenvalue weighted by atomic mass is 9.71. The molecule has 266 valence electrons. The summed E-state index contributed by atoms with van der Waals surface area (Å²) in [5, 5.41) is 8.12. The van der Waals surface area contributed by atoms with Crippen LogP contribution in [0.2, 0.25) is 0 Å². The van der Waals surface area contributed by atoms with Gasteiger partial charge in [-0.1, -0.05) is 171 Å². The lowest BCUT2D eigenvalue weighted by Gasteiger charge is -2.32. The van der Waals surface area contributed by atoms with Crippen LogP contribution in [0.1, 0.15) is 102 Å². The normalized spacial score (nSPS) is 15.2. The summed E-state index contributed by atoms with van der Waals surface area (Å²) in [6.07, 6.45) is 4.66. The number of fused-ring (bicyclic) bond motifs is 6. The summed E-state index contributed by atoms with van der Waals surface area (Å²) in [5.74, 6) is 0. The Bertz CT molecular complexity index is 2770. The summed E-state index contributed by atoms with van der Waals surface area (Å²) in [4.78, 5) is 0. The molecule has 0 fully saturated rings. The van der Waals surface area contributed by atoms with Gasteiger partial charge in [-0.3, -0.25) is 0 Å². The molecule has 0 saturated heterocycles. The molecule has 0 bridgehead atoms. The molecule has 0 aliphatic heterocycles. The average Bonchev–Trinajstić information content (AvgIpc) is 3.57. The molecule has 0 unspecified atom stereocenters. The van der Waals surface area contributed by atoms with Crippen molar-refractivity contribution in [2.24, 2.45) is 0 Å². The van der Waals surface area contributed by atoms with Crippen molar-refractivity contribution in [1.82, 2.24) is 0 Å². The molecule has 8 aromatic rings. The Labute approximate surface area is 321 Å². The third kappa shape index (κ3) is 4.56. The fourth-order valence-electron chi connectivity index (χ4n) is 10.8. The second-order valence-corrected chi connectivity index (χ2v) is 17.9. The van der Waals surface area contributed by atoms with Crippen molar-refractivity contribution in [3.63, 3.8) is 0 Å². The molecule has 0 atom stereocenters. The van der Waals surface area contributed by atoms with Gasteiger partial charge in [-0.15, -0.1) is 0 Å². The SMILES string of the molecule is CCCC1(CCC)c2ccccc2-c2ccc(-c3cc(-c4ccc5c(c4)C(C)(C)c4ccccc4-5)c4ccc5cc(C(C)(C)C)cc6ccc3c4c56)cc21. The topological polar surface area (TPSA) is 0 Å². The number of benzene rings is 8. The molecule has 0 aromatic heterocycles. The lowest BCUT2D eigenvalue weighted by molar-refractivity contribution is 0.436. The van der Waals surface area contributed by atoms with E-state index >= 15 is 0 Å². The van der Waals surface area contributed by atoms with Gasteiger partial charge in [0.1, 0.15) is 0 Å². The van der Waals surface area contributed by atoms with Crippen LogP contribution in [0.3, 0.4) is 0 Å². The quantitative estimate of drug-likeness (QED) is 0.152. The zero-order valence-corrected chi connectivity index (χ0v) is 33.0. The van der Waals surface area contributed by atoms with E-state index < -0.39 is 0 Å². The van der Waals surface area contributed by atoms with Crippen molar-refractivity contribution in [3.8, 4) is 44.5 Å². The zero-order chi connectivity index (χ0) is 37.1. The van der Waals surface area contributed by atoms with E-state index in [-0.39, 0.29) is 16.2 Å². The minimum atomic E-state index is -0.0607. The maximum atomic E-state index is 2.59. The molecule has 54 heavy (non-hydrogen) atoms. The molecule has 10 rings (SSSR count). The Kier molecular flexibility index (Phi) is 7.20. The van der Waals surface area contributed by atoms with Crippen LogP contribution in [0.15, 0.2) is 127 Å². The van der Waals surface area contributed by atoms with Crippen LogP contribution in [0.5, 0.6) is 0 Å². The molecular weight excluding hydrogens is 649 g/mol. The highest BCUT2D eigenvalue weighted by molar-refractivity contribution is 6.28. The van der Waals surface area contributed by atoms with Crippen molar-refractivity contribution in [3.05, 3.63) is 155 Å². The van der Waals surface area contributed by atoms with Gasteiger partial charge in [0.25, 0.3) is 0 Å². The van der Waals surface area contributed by atoms with Crippen LogP contribution >= 0.6 is 0 Å². The van der Waals surface area contributed by atoms with Crippen LogP contribution in [-0.4, -0.2) is 0 Å². The molecule has 0 N–H and O–H groups in total. The smallest absolute Gasteiger partial charge is 0.0215 e. The van der Waals surface area contributed by atoms with E-state index in [9.17, 15) is 0 Å². The maximum absolute atomic E-state index is 2.59. The standard InChI is InChI=1S/C54H50/c1-8-26-54(27-9-2)47-17-13-11-15-39(47)41-23-19-34(31-49(41)54)45-32-44(33-18-22-40-38-14-10-12-16-46(38)53(6,7)48(40)30-33)42-24-20-35-28-37(52(3,4)5)29-36-21-25-43(45)51(42)50(35)36/h10-25,28-32H,8-9,26-27H2,1-7H3. The summed E-state index contributed by atoms with van der Waals surface area (Å²) >= 11 is 0. The Hall–Kier alpha value is -5.20. The number of hydrogen-bond acceptors (Lipinski definition) is 0. The lowest BCUT2D eigenvalue weighted by Crippen LogP contribution is -2.25.